The third-order valence-corrected chi connectivity index (χ3v) is 1.68. The van der Waals surface area contributed by atoms with E-state index in [1.165, 1.54) is 5.56 Å². The normalized spacial score (nSPS) is 7.92. The van der Waals surface area contributed by atoms with Gasteiger partial charge in [0.15, 0.2) is 0 Å². The van der Waals surface area contributed by atoms with Gasteiger partial charge in [0, 0.05) is 5.69 Å². The molecule has 0 aliphatic rings. The smallest absolute Gasteiger partial charge is 0.0626 e. The molecule has 3 nitrogen and oxygen atoms in total. The van der Waals surface area contributed by atoms with Gasteiger partial charge in [-0.05, 0) is 32.4 Å². The summed E-state index contributed by atoms with van der Waals surface area (Å²) in [5.41, 5.74) is 8.90. The molecule has 13 heavy (non-hydrogen) atoms. The highest BCUT2D eigenvalue weighted by Gasteiger charge is 2.03. The van der Waals surface area contributed by atoms with Crippen LogP contribution < -0.4 is 5.73 Å². The van der Waals surface area contributed by atoms with Crippen molar-refractivity contribution in [2.45, 2.75) is 20.3 Å². The molecule has 0 spiro atoms. The number of hydrogen-bond acceptors (Lipinski definition) is 2. The summed E-state index contributed by atoms with van der Waals surface area (Å²) < 4.78 is 0. The molecule has 0 saturated heterocycles. The van der Waals surface area contributed by atoms with Gasteiger partial charge in [0.05, 0.1) is 5.69 Å². The lowest BCUT2D eigenvalue weighted by molar-refractivity contribution is 0.949. The molecule has 3 N–H and O–H groups in total. The van der Waals surface area contributed by atoms with E-state index in [1.807, 2.05) is 13.8 Å². The molecule has 0 amide bonds. The Morgan fingerprint density at radius 2 is 1.77 bits per heavy atom. The van der Waals surface area contributed by atoms with Crippen LogP contribution in [-0.4, -0.2) is 16.7 Å². The molecular weight excluding hydrogens is 232 g/mol. The molecule has 80 valence electrons. The second-order valence-corrected chi connectivity index (χ2v) is 2.45. The Morgan fingerprint density at radius 3 is 2.08 bits per heavy atom. The van der Waals surface area contributed by atoms with Crippen LogP contribution in [0.4, 0.5) is 0 Å². The fourth-order valence-electron chi connectivity index (χ4n) is 1.09. The van der Waals surface area contributed by atoms with Crippen LogP contribution in [0.15, 0.2) is 0 Å². The maximum absolute atomic E-state index is 5.42. The summed E-state index contributed by atoms with van der Waals surface area (Å²) in [5, 5.41) is 6.97. The molecule has 0 aromatic carbocycles. The molecule has 0 atom stereocenters. The van der Waals surface area contributed by atoms with Crippen molar-refractivity contribution in [3.8, 4) is 0 Å². The molecule has 1 heterocycles. The van der Waals surface area contributed by atoms with Crippen molar-refractivity contribution in [2.75, 3.05) is 6.54 Å². The van der Waals surface area contributed by atoms with Crippen LogP contribution >= 0.6 is 37.2 Å². The maximum Gasteiger partial charge on any atom is 0.0626 e. The van der Waals surface area contributed by atoms with E-state index in [9.17, 15) is 0 Å². The first-order valence-corrected chi connectivity index (χ1v) is 3.46. The lowest BCUT2D eigenvalue weighted by Crippen LogP contribution is -2.03. The van der Waals surface area contributed by atoms with E-state index in [4.69, 9.17) is 5.73 Å². The SMILES string of the molecule is Cc1n[nH]c(C)c1CCN.Cl.Cl.Cl. The fraction of sp³-hybridized carbons (Fsp3) is 0.571. The van der Waals surface area contributed by atoms with Crippen molar-refractivity contribution in [1.29, 1.82) is 0 Å². The first-order valence-electron chi connectivity index (χ1n) is 3.46. The van der Waals surface area contributed by atoms with Crippen LogP contribution in [0.5, 0.6) is 0 Å². The van der Waals surface area contributed by atoms with Crippen LogP contribution in [0.25, 0.3) is 0 Å². The number of nitrogens with one attached hydrogen (secondary N) is 1. The first kappa shape index (κ1) is 18.8. The van der Waals surface area contributed by atoms with Crippen molar-refractivity contribution in [3.63, 3.8) is 0 Å². The Morgan fingerprint density at radius 1 is 1.23 bits per heavy atom. The largest absolute Gasteiger partial charge is 0.330 e. The fourth-order valence-corrected chi connectivity index (χ4v) is 1.09. The summed E-state index contributed by atoms with van der Waals surface area (Å²) in [6.45, 7) is 4.71. The van der Waals surface area contributed by atoms with Gasteiger partial charge in [-0.2, -0.15) is 5.10 Å². The predicted molar refractivity (Wildman–Crippen MR) is 62.6 cm³/mol. The molecule has 0 aliphatic heterocycles. The molecule has 0 aliphatic carbocycles. The van der Waals surface area contributed by atoms with E-state index in [-0.39, 0.29) is 37.2 Å². The summed E-state index contributed by atoms with van der Waals surface area (Å²) in [7, 11) is 0. The Balaban J connectivity index is -0.000000333. The number of nitrogens with two attached hydrogens (primary N) is 1. The first-order chi connectivity index (χ1) is 4.75. The minimum Gasteiger partial charge on any atom is -0.330 e. The van der Waals surface area contributed by atoms with Gasteiger partial charge < -0.3 is 5.73 Å². The molecule has 0 fully saturated rings. The van der Waals surface area contributed by atoms with E-state index in [0.717, 1.165) is 17.8 Å². The zero-order valence-corrected chi connectivity index (χ0v) is 10.1. The number of aromatic nitrogens is 2. The van der Waals surface area contributed by atoms with E-state index >= 15 is 0 Å². The molecule has 0 unspecified atom stereocenters. The zero-order chi connectivity index (χ0) is 7.56. The number of H-pyrrole nitrogens is 1. The van der Waals surface area contributed by atoms with Crippen LogP contribution in [-0.2, 0) is 6.42 Å². The number of rotatable bonds is 2. The summed E-state index contributed by atoms with van der Waals surface area (Å²) in [4.78, 5) is 0. The molecule has 1 rings (SSSR count). The van der Waals surface area contributed by atoms with Gasteiger partial charge in [-0.15, -0.1) is 37.2 Å². The van der Waals surface area contributed by atoms with Gasteiger partial charge in [0.2, 0.25) is 0 Å². The third-order valence-electron chi connectivity index (χ3n) is 1.68. The summed E-state index contributed by atoms with van der Waals surface area (Å²) in [6.07, 6.45) is 0.925. The molecule has 1 aromatic heterocycles. The monoisotopic (exact) mass is 247 g/mol. The van der Waals surface area contributed by atoms with E-state index in [2.05, 4.69) is 10.2 Å². The van der Waals surface area contributed by atoms with Crippen LogP contribution in [0, 0.1) is 13.8 Å². The second-order valence-electron chi connectivity index (χ2n) is 2.45. The predicted octanol–water partition coefficient (Wildman–Crippen LogP) is 1.79. The number of aryl methyl sites for hydroxylation is 2. The van der Waals surface area contributed by atoms with Crippen LogP contribution in [0.2, 0.25) is 0 Å². The topological polar surface area (TPSA) is 54.7 Å². The van der Waals surface area contributed by atoms with Crippen molar-refractivity contribution < 1.29 is 0 Å². The quantitative estimate of drug-likeness (QED) is 0.838. The molecule has 6 heteroatoms. The van der Waals surface area contributed by atoms with Gasteiger partial charge in [0.25, 0.3) is 0 Å². The Kier molecular flexibility index (Phi) is 12.4. The Hall–Kier alpha value is 0.0400. The van der Waals surface area contributed by atoms with Crippen LogP contribution in [0.1, 0.15) is 17.0 Å². The van der Waals surface area contributed by atoms with Gasteiger partial charge >= 0.3 is 0 Å². The third kappa shape index (κ3) is 4.72. The second kappa shape index (κ2) is 8.63. The molecule has 0 radical (unpaired) electrons. The van der Waals surface area contributed by atoms with Crippen molar-refractivity contribution in [1.82, 2.24) is 10.2 Å². The standard InChI is InChI=1S/C7H13N3.3ClH/c1-5-7(3-4-8)6(2)10-9-5;;;/h3-4,8H2,1-2H3,(H,9,10);3*1H. The number of aromatic amines is 1. The minimum absolute atomic E-state index is 0. The van der Waals surface area contributed by atoms with Crippen LogP contribution in [0.3, 0.4) is 0 Å². The molecule has 1 aromatic rings. The maximum atomic E-state index is 5.42. The van der Waals surface area contributed by atoms with Crippen molar-refractivity contribution >= 4 is 37.2 Å². The van der Waals surface area contributed by atoms with Gasteiger partial charge in [-0.25, -0.2) is 0 Å². The van der Waals surface area contributed by atoms with Gasteiger partial charge in [0.1, 0.15) is 0 Å². The zero-order valence-electron chi connectivity index (χ0n) is 7.66. The van der Waals surface area contributed by atoms with Crippen molar-refractivity contribution in [3.05, 3.63) is 17.0 Å². The molecular formula is C7H16Cl3N3. The highest BCUT2D eigenvalue weighted by molar-refractivity contribution is 5.86. The lowest BCUT2D eigenvalue weighted by atomic mass is 10.1. The molecule has 0 saturated carbocycles. The average molecular weight is 249 g/mol. The Bertz CT molecular complexity index is 205. The minimum atomic E-state index is 0. The average Bonchev–Trinajstić information content (AvgIpc) is 2.20. The van der Waals surface area contributed by atoms with Gasteiger partial charge in [-0.3, -0.25) is 5.10 Å². The van der Waals surface area contributed by atoms with E-state index in [0.29, 0.717) is 6.54 Å². The van der Waals surface area contributed by atoms with Gasteiger partial charge in [-0.1, -0.05) is 0 Å². The highest BCUT2D eigenvalue weighted by atomic mass is 35.5. The Labute approximate surface area is 97.1 Å². The highest BCUT2D eigenvalue weighted by Crippen LogP contribution is 2.08. The van der Waals surface area contributed by atoms with E-state index < -0.39 is 0 Å². The number of halogens is 3. The summed E-state index contributed by atoms with van der Waals surface area (Å²) in [5.74, 6) is 0. The summed E-state index contributed by atoms with van der Waals surface area (Å²) in [6, 6.07) is 0. The number of hydrogen-bond donors (Lipinski definition) is 2. The lowest BCUT2D eigenvalue weighted by Gasteiger charge is -1.95. The summed E-state index contributed by atoms with van der Waals surface area (Å²) >= 11 is 0. The number of nitrogens with zero attached hydrogens (tertiary/aromatic N) is 1. The molecule has 0 bridgehead atoms. The van der Waals surface area contributed by atoms with E-state index in [1.54, 1.807) is 0 Å². The van der Waals surface area contributed by atoms with Crippen molar-refractivity contribution in [2.24, 2.45) is 5.73 Å².